The molecule has 0 radical (unpaired) electrons. The Hall–Kier alpha value is -1.13. The smallest absolute Gasteiger partial charge is 0.138 e. The monoisotopic (exact) mass is 224 g/mol. The van der Waals surface area contributed by atoms with E-state index >= 15 is 0 Å². The van der Waals surface area contributed by atoms with Gasteiger partial charge in [-0.15, -0.1) is 0 Å². The van der Waals surface area contributed by atoms with Gasteiger partial charge in [-0.2, -0.15) is 0 Å². The highest BCUT2D eigenvalue weighted by atomic mass is 16.5. The Morgan fingerprint density at radius 2 is 2.19 bits per heavy atom. The van der Waals surface area contributed by atoms with Crippen LogP contribution in [-0.4, -0.2) is 29.3 Å². The zero-order valence-electron chi connectivity index (χ0n) is 10.2. The molecule has 90 valence electrons. The summed E-state index contributed by atoms with van der Waals surface area (Å²) in [5.41, 5.74) is 1.59. The third-order valence-corrected chi connectivity index (χ3v) is 2.11. The van der Waals surface area contributed by atoms with E-state index in [9.17, 15) is 5.11 Å². The van der Waals surface area contributed by atoms with E-state index < -0.39 is 0 Å². The maximum Gasteiger partial charge on any atom is 0.138 e. The van der Waals surface area contributed by atoms with Crippen molar-refractivity contribution in [1.29, 1.82) is 0 Å². The van der Waals surface area contributed by atoms with Crippen LogP contribution in [0.1, 0.15) is 25.2 Å². The molecule has 0 aromatic carbocycles. The fraction of sp³-hybridized carbons (Fsp3) is 0.583. The van der Waals surface area contributed by atoms with Crippen LogP contribution in [0, 0.1) is 6.92 Å². The summed E-state index contributed by atoms with van der Waals surface area (Å²) in [5, 5.41) is 12.7. The van der Waals surface area contributed by atoms with Gasteiger partial charge in [0, 0.05) is 18.8 Å². The van der Waals surface area contributed by atoms with Crippen LogP contribution < -0.4 is 5.32 Å². The fourth-order valence-corrected chi connectivity index (χ4v) is 1.31. The number of nitrogens with one attached hydrogen (secondary N) is 1. The molecule has 1 heterocycles. The molecule has 0 saturated carbocycles. The lowest BCUT2D eigenvalue weighted by atomic mass is 10.3. The molecule has 4 heteroatoms. The third-order valence-electron chi connectivity index (χ3n) is 2.11. The summed E-state index contributed by atoms with van der Waals surface area (Å²) >= 11 is 0. The first-order chi connectivity index (χ1) is 7.59. The molecule has 16 heavy (non-hydrogen) atoms. The third kappa shape index (κ3) is 4.59. The Morgan fingerprint density at radius 3 is 2.88 bits per heavy atom. The molecular formula is C12H20N2O2. The number of hydrogen-bond acceptors (Lipinski definition) is 4. The number of pyridine rings is 1. The van der Waals surface area contributed by atoms with E-state index in [4.69, 9.17) is 4.74 Å². The SMILES string of the molecule is Cc1ccc(O)c(CNCCOC(C)C)n1. The van der Waals surface area contributed by atoms with Crippen LogP contribution in [0.15, 0.2) is 12.1 Å². The van der Waals surface area contributed by atoms with Gasteiger partial charge in [-0.05, 0) is 32.9 Å². The van der Waals surface area contributed by atoms with Gasteiger partial charge in [0.2, 0.25) is 0 Å². The molecule has 0 fully saturated rings. The molecule has 0 aliphatic rings. The molecule has 1 aromatic heterocycles. The maximum absolute atomic E-state index is 9.55. The Kier molecular flexibility index (Phi) is 5.22. The second-order valence-electron chi connectivity index (χ2n) is 4.01. The first-order valence-electron chi connectivity index (χ1n) is 5.57. The zero-order chi connectivity index (χ0) is 12.0. The van der Waals surface area contributed by atoms with Crippen molar-refractivity contribution in [3.05, 3.63) is 23.5 Å². The minimum absolute atomic E-state index is 0.239. The Bertz CT molecular complexity index is 327. The second kappa shape index (κ2) is 6.45. The van der Waals surface area contributed by atoms with Gasteiger partial charge in [-0.1, -0.05) is 0 Å². The quantitative estimate of drug-likeness (QED) is 0.721. The Morgan fingerprint density at radius 1 is 1.44 bits per heavy atom. The lowest BCUT2D eigenvalue weighted by Gasteiger charge is -2.09. The molecule has 4 nitrogen and oxygen atoms in total. The highest BCUT2D eigenvalue weighted by Crippen LogP contribution is 2.13. The van der Waals surface area contributed by atoms with Gasteiger partial charge in [-0.3, -0.25) is 4.98 Å². The summed E-state index contributed by atoms with van der Waals surface area (Å²) in [6.45, 7) is 7.92. The predicted octanol–water partition coefficient (Wildman–Crippen LogP) is 1.61. The fourth-order valence-electron chi connectivity index (χ4n) is 1.31. The summed E-state index contributed by atoms with van der Waals surface area (Å²) in [6.07, 6.45) is 0.257. The van der Waals surface area contributed by atoms with E-state index in [0.29, 0.717) is 18.8 Å². The zero-order valence-corrected chi connectivity index (χ0v) is 10.2. The number of aryl methyl sites for hydroxylation is 1. The van der Waals surface area contributed by atoms with Crippen molar-refractivity contribution in [1.82, 2.24) is 10.3 Å². The molecule has 0 atom stereocenters. The van der Waals surface area contributed by atoms with E-state index in [1.807, 2.05) is 20.8 Å². The molecule has 0 aliphatic carbocycles. The van der Waals surface area contributed by atoms with E-state index in [1.54, 1.807) is 12.1 Å². The highest BCUT2D eigenvalue weighted by Gasteiger charge is 2.02. The summed E-state index contributed by atoms with van der Waals surface area (Å²) in [5.74, 6) is 0.239. The Balaban J connectivity index is 2.29. The number of ether oxygens (including phenoxy) is 1. The molecule has 2 N–H and O–H groups in total. The first kappa shape index (κ1) is 12.9. The molecule has 0 amide bonds. The number of hydrogen-bond donors (Lipinski definition) is 2. The average Bonchev–Trinajstić information content (AvgIpc) is 2.22. The molecule has 1 rings (SSSR count). The van der Waals surface area contributed by atoms with Crippen LogP contribution in [0.25, 0.3) is 0 Å². The summed E-state index contributed by atoms with van der Waals surface area (Å²) in [7, 11) is 0. The van der Waals surface area contributed by atoms with E-state index in [2.05, 4.69) is 10.3 Å². The van der Waals surface area contributed by atoms with Crippen LogP contribution in [0.4, 0.5) is 0 Å². The first-order valence-corrected chi connectivity index (χ1v) is 5.57. The summed E-state index contributed by atoms with van der Waals surface area (Å²) in [6, 6.07) is 3.46. The number of rotatable bonds is 6. The Labute approximate surface area is 96.7 Å². The van der Waals surface area contributed by atoms with E-state index in [-0.39, 0.29) is 11.9 Å². The van der Waals surface area contributed by atoms with Crippen molar-refractivity contribution in [3.8, 4) is 5.75 Å². The predicted molar refractivity (Wildman–Crippen MR) is 63.4 cm³/mol. The van der Waals surface area contributed by atoms with Gasteiger partial charge >= 0.3 is 0 Å². The van der Waals surface area contributed by atoms with Gasteiger partial charge < -0.3 is 15.2 Å². The van der Waals surface area contributed by atoms with Crippen molar-refractivity contribution in [2.75, 3.05) is 13.2 Å². The lowest BCUT2D eigenvalue weighted by Crippen LogP contribution is -2.21. The van der Waals surface area contributed by atoms with Crippen LogP contribution in [0.5, 0.6) is 5.75 Å². The lowest BCUT2D eigenvalue weighted by molar-refractivity contribution is 0.0806. The van der Waals surface area contributed by atoms with Crippen molar-refractivity contribution in [3.63, 3.8) is 0 Å². The molecule has 1 aromatic rings. The van der Waals surface area contributed by atoms with Gasteiger partial charge in [-0.25, -0.2) is 0 Å². The maximum atomic E-state index is 9.55. The van der Waals surface area contributed by atoms with Gasteiger partial charge in [0.25, 0.3) is 0 Å². The topological polar surface area (TPSA) is 54.4 Å². The van der Waals surface area contributed by atoms with Gasteiger partial charge in [0.15, 0.2) is 0 Å². The standard InChI is InChI=1S/C12H20N2O2/c1-9(2)16-7-6-13-8-11-12(15)5-4-10(3)14-11/h4-5,9,13,15H,6-8H2,1-3H3. The number of aromatic hydroxyl groups is 1. The normalized spacial score (nSPS) is 11.0. The molecular weight excluding hydrogens is 204 g/mol. The molecule has 0 spiro atoms. The number of nitrogens with zero attached hydrogens (tertiary/aromatic N) is 1. The van der Waals surface area contributed by atoms with Crippen LogP contribution in [-0.2, 0) is 11.3 Å². The van der Waals surface area contributed by atoms with Crippen LogP contribution >= 0.6 is 0 Å². The van der Waals surface area contributed by atoms with Crippen molar-refractivity contribution in [2.45, 2.75) is 33.4 Å². The summed E-state index contributed by atoms with van der Waals surface area (Å²) < 4.78 is 5.39. The molecule has 0 bridgehead atoms. The molecule has 0 aliphatic heterocycles. The molecule has 0 unspecified atom stereocenters. The minimum Gasteiger partial charge on any atom is -0.506 e. The van der Waals surface area contributed by atoms with Gasteiger partial charge in [0.1, 0.15) is 5.75 Å². The second-order valence-corrected chi connectivity index (χ2v) is 4.01. The number of aromatic nitrogens is 1. The molecule has 0 saturated heterocycles. The van der Waals surface area contributed by atoms with Crippen molar-refractivity contribution < 1.29 is 9.84 Å². The van der Waals surface area contributed by atoms with E-state index in [0.717, 1.165) is 12.2 Å². The highest BCUT2D eigenvalue weighted by molar-refractivity contribution is 5.27. The average molecular weight is 224 g/mol. The minimum atomic E-state index is 0.239. The largest absolute Gasteiger partial charge is 0.506 e. The summed E-state index contributed by atoms with van der Waals surface area (Å²) in [4.78, 5) is 4.25. The van der Waals surface area contributed by atoms with Crippen LogP contribution in [0.3, 0.4) is 0 Å². The van der Waals surface area contributed by atoms with Crippen molar-refractivity contribution >= 4 is 0 Å². The van der Waals surface area contributed by atoms with Crippen molar-refractivity contribution in [2.24, 2.45) is 0 Å². The van der Waals surface area contributed by atoms with Crippen LogP contribution in [0.2, 0.25) is 0 Å². The van der Waals surface area contributed by atoms with E-state index in [1.165, 1.54) is 0 Å². The van der Waals surface area contributed by atoms with Gasteiger partial charge in [0.05, 0.1) is 18.4 Å².